The fraction of sp³-hybridized carbons (Fsp3) is 0.160. The molecule has 0 bridgehead atoms. The van der Waals surface area contributed by atoms with Gasteiger partial charge in [-0.25, -0.2) is 4.98 Å². The molecule has 0 atom stereocenters. The monoisotopic (exact) mass is 426 g/mol. The Labute approximate surface area is 183 Å². The summed E-state index contributed by atoms with van der Waals surface area (Å²) in [6.45, 7) is 4.02. The summed E-state index contributed by atoms with van der Waals surface area (Å²) in [5.74, 6) is 0. The molecule has 2 aromatic heterocycles. The highest BCUT2D eigenvalue weighted by Crippen LogP contribution is 2.27. The molecular formula is C25H22N4OS. The van der Waals surface area contributed by atoms with Crippen LogP contribution in [-0.2, 0) is 6.42 Å². The first-order valence-corrected chi connectivity index (χ1v) is 11.2. The number of nitrogens with one attached hydrogen (secondary N) is 1. The number of hydrogen-bond donors (Lipinski definition) is 1. The second-order valence-electron chi connectivity index (χ2n) is 7.52. The summed E-state index contributed by atoms with van der Waals surface area (Å²) in [5.41, 5.74) is 3.89. The molecule has 0 unspecified atom stereocenters. The summed E-state index contributed by atoms with van der Waals surface area (Å²) >= 11 is 1.50. The Hall–Kier alpha value is -3.51. The summed E-state index contributed by atoms with van der Waals surface area (Å²) < 4.78 is 2.62. The van der Waals surface area contributed by atoms with Gasteiger partial charge in [0.1, 0.15) is 0 Å². The van der Waals surface area contributed by atoms with Crippen molar-refractivity contribution in [1.29, 1.82) is 0 Å². The average Bonchev–Trinajstić information content (AvgIpc) is 3.35. The number of H-pyrrole nitrogens is 1. The first-order chi connectivity index (χ1) is 15.2. The van der Waals surface area contributed by atoms with Crippen LogP contribution >= 0.6 is 11.3 Å². The van der Waals surface area contributed by atoms with Crippen LogP contribution in [0, 0.1) is 0 Å². The number of aromatic amines is 1. The lowest BCUT2D eigenvalue weighted by atomic mass is 10.1. The molecule has 5 nitrogen and oxygen atoms in total. The molecule has 0 amide bonds. The SMILES string of the molecule is CCCc1[nH]n(-c2nc3ccccc3s2)c(=O)c1C(C)=Nc1cccc2ccccc12. The molecule has 0 spiro atoms. The molecule has 0 saturated carbocycles. The fourth-order valence-corrected chi connectivity index (χ4v) is 4.84. The minimum Gasteiger partial charge on any atom is -0.292 e. The van der Waals surface area contributed by atoms with Crippen LogP contribution in [-0.4, -0.2) is 20.5 Å². The topological polar surface area (TPSA) is 63.0 Å². The maximum absolute atomic E-state index is 13.5. The predicted octanol–water partition coefficient (Wildman–Crippen LogP) is 6.02. The Morgan fingerprint density at radius 1 is 1.06 bits per heavy atom. The summed E-state index contributed by atoms with van der Waals surface area (Å²) in [6, 6.07) is 22.1. The standard InChI is InChI=1S/C25H22N4OS/c1-3-9-21-23(16(2)26-19-14-8-11-17-10-4-5-12-18(17)19)24(30)29(28-21)25-27-20-13-6-7-15-22(20)31-25/h4-8,10-15,28H,3,9H2,1-2H3. The predicted molar refractivity (Wildman–Crippen MR) is 129 cm³/mol. The molecule has 5 aromatic rings. The van der Waals surface area contributed by atoms with Crippen LogP contribution in [0.1, 0.15) is 31.5 Å². The van der Waals surface area contributed by atoms with Gasteiger partial charge in [0.25, 0.3) is 5.56 Å². The molecule has 31 heavy (non-hydrogen) atoms. The highest BCUT2D eigenvalue weighted by atomic mass is 32.1. The van der Waals surface area contributed by atoms with Gasteiger partial charge in [-0.3, -0.25) is 14.9 Å². The molecular weight excluding hydrogens is 404 g/mol. The van der Waals surface area contributed by atoms with Crippen molar-refractivity contribution in [1.82, 2.24) is 14.8 Å². The van der Waals surface area contributed by atoms with Crippen molar-refractivity contribution >= 4 is 43.7 Å². The molecule has 0 radical (unpaired) electrons. The number of nitrogens with zero attached hydrogens (tertiary/aromatic N) is 3. The van der Waals surface area contributed by atoms with Gasteiger partial charge < -0.3 is 0 Å². The smallest absolute Gasteiger partial charge is 0.282 e. The normalized spacial score (nSPS) is 12.1. The Morgan fingerprint density at radius 3 is 2.68 bits per heavy atom. The van der Waals surface area contributed by atoms with E-state index in [1.54, 1.807) is 4.68 Å². The minimum absolute atomic E-state index is 0.107. The third-order valence-corrected chi connectivity index (χ3v) is 6.38. The van der Waals surface area contributed by atoms with E-state index in [1.165, 1.54) is 11.3 Å². The van der Waals surface area contributed by atoms with Crippen LogP contribution < -0.4 is 5.56 Å². The van der Waals surface area contributed by atoms with E-state index >= 15 is 0 Å². The molecule has 0 aliphatic rings. The largest absolute Gasteiger partial charge is 0.292 e. The summed E-state index contributed by atoms with van der Waals surface area (Å²) in [7, 11) is 0. The van der Waals surface area contributed by atoms with Gasteiger partial charge in [-0.1, -0.05) is 73.2 Å². The van der Waals surface area contributed by atoms with Gasteiger partial charge >= 0.3 is 0 Å². The Balaban J connectivity index is 1.66. The number of thiazole rings is 1. The average molecular weight is 427 g/mol. The lowest BCUT2D eigenvalue weighted by Crippen LogP contribution is -2.19. The number of para-hydroxylation sites is 1. The van der Waals surface area contributed by atoms with Gasteiger partial charge in [-0.2, -0.15) is 4.68 Å². The number of fused-ring (bicyclic) bond motifs is 2. The van der Waals surface area contributed by atoms with E-state index in [0.29, 0.717) is 16.4 Å². The Bertz CT molecular complexity index is 1450. The number of aryl methyl sites for hydroxylation is 1. The van der Waals surface area contributed by atoms with E-state index in [9.17, 15) is 4.79 Å². The summed E-state index contributed by atoms with van der Waals surface area (Å²) in [5, 5.41) is 6.15. The highest BCUT2D eigenvalue weighted by molar-refractivity contribution is 7.20. The molecule has 0 aliphatic heterocycles. The Kier molecular flexibility index (Phi) is 5.00. The van der Waals surface area contributed by atoms with E-state index in [2.05, 4.69) is 35.2 Å². The zero-order chi connectivity index (χ0) is 21.4. The van der Waals surface area contributed by atoms with Crippen LogP contribution in [0.5, 0.6) is 0 Å². The van der Waals surface area contributed by atoms with Crippen molar-refractivity contribution in [3.63, 3.8) is 0 Å². The van der Waals surface area contributed by atoms with Crippen LogP contribution in [0.15, 0.2) is 76.5 Å². The number of benzene rings is 3. The molecule has 0 aliphatic carbocycles. The van der Waals surface area contributed by atoms with Crippen molar-refractivity contribution in [2.45, 2.75) is 26.7 Å². The van der Waals surface area contributed by atoms with Crippen molar-refractivity contribution in [2.75, 3.05) is 0 Å². The first-order valence-electron chi connectivity index (χ1n) is 10.4. The molecule has 2 heterocycles. The van der Waals surface area contributed by atoms with Gasteiger partial charge in [0, 0.05) is 11.1 Å². The van der Waals surface area contributed by atoms with Gasteiger partial charge in [0.15, 0.2) is 0 Å². The molecule has 3 aromatic carbocycles. The van der Waals surface area contributed by atoms with Crippen molar-refractivity contribution < 1.29 is 0 Å². The van der Waals surface area contributed by atoms with Crippen LogP contribution in [0.3, 0.4) is 0 Å². The third-order valence-electron chi connectivity index (χ3n) is 5.36. The van der Waals surface area contributed by atoms with Crippen molar-refractivity contribution in [2.24, 2.45) is 4.99 Å². The van der Waals surface area contributed by atoms with E-state index in [-0.39, 0.29) is 5.56 Å². The molecule has 1 N–H and O–H groups in total. The summed E-state index contributed by atoms with van der Waals surface area (Å²) in [4.78, 5) is 23.0. The maximum atomic E-state index is 13.5. The third kappa shape index (κ3) is 3.49. The molecule has 6 heteroatoms. The van der Waals surface area contributed by atoms with Crippen LogP contribution in [0.2, 0.25) is 0 Å². The molecule has 0 saturated heterocycles. The van der Waals surface area contributed by atoms with E-state index in [1.807, 2.05) is 55.5 Å². The quantitative estimate of drug-likeness (QED) is 0.349. The van der Waals surface area contributed by atoms with Crippen molar-refractivity contribution in [3.05, 3.63) is 88.3 Å². The van der Waals surface area contributed by atoms with E-state index in [0.717, 1.165) is 45.2 Å². The van der Waals surface area contributed by atoms with Crippen molar-refractivity contribution in [3.8, 4) is 5.13 Å². The van der Waals surface area contributed by atoms with Gasteiger partial charge in [-0.05, 0) is 36.9 Å². The lowest BCUT2D eigenvalue weighted by molar-refractivity contribution is 0.790. The first kappa shape index (κ1) is 19.5. The van der Waals surface area contributed by atoms with E-state index in [4.69, 9.17) is 4.99 Å². The minimum atomic E-state index is -0.107. The van der Waals surface area contributed by atoms with E-state index < -0.39 is 0 Å². The number of hydrogen-bond acceptors (Lipinski definition) is 4. The summed E-state index contributed by atoms with van der Waals surface area (Å²) in [6.07, 6.45) is 1.69. The number of rotatable bonds is 5. The number of aromatic nitrogens is 3. The molecule has 0 fully saturated rings. The molecule has 5 rings (SSSR count). The van der Waals surface area contributed by atoms with Crippen LogP contribution in [0.4, 0.5) is 5.69 Å². The lowest BCUT2D eigenvalue weighted by Gasteiger charge is -2.04. The fourth-order valence-electron chi connectivity index (χ4n) is 3.92. The second-order valence-corrected chi connectivity index (χ2v) is 8.52. The second kappa shape index (κ2) is 7.96. The van der Waals surface area contributed by atoms with Gasteiger partial charge in [0.2, 0.25) is 5.13 Å². The van der Waals surface area contributed by atoms with Crippen LogP contribution in [0.25, 0.3) is 26.1 Å². The zero-order valence-electron chi connectivity index (χ0n) is 17.4. The maximum Gasteiger partial charge on any atom is 0.282 e. The molecule has 154 valence electrons. The van der Waals surface area contributed by atoms with Gasteiger partial charge in [-0.15, -0.1) is 0 Å². The Morgan fingerprint density at radius 2 is 1.84 bits per heavy atom. The zero-order valence-corrected chi connectivity index (χ0v) is 18.2. The highest BCUT2D eigenvalue weighted by Gasteiger charge is 2.19. The number of aliphatic imine (C=N–C) groups is 1. The van der Waals surface area contributed by atoms with Gasteiger partial charge in [0.05, 0.1) is 27.2 Å².